The van der Waals surface area contributed by atoms with Crippen molar-refractivity contribution in [1.29, 1.82) is 0 Å². The number of likely N-dealkylation sites (N-methyl/N-ethyl adjacent to an activating group) is 1. The smallest absolute Gasteiger partial charge is 0.254 e. The Bertz CT molecular complexity index is 724. The lowest BCUT2D eigenvalue weighted by atomic mass is 10.2. The van der Waals surface area contributed by atoms with Gasteiger partial charge in [-0.1, -0.05) is 18.2 Å². The minimum atomic E-state index is -0.518. The normalized spacial score (nSPS) is 10.9. The monoisotopic (exact) mass is 504 g/mol. The molecule has 148 valence electrons. The van der Waals surface area contributed by atoms with Crippen LogP contribution in [0.2, 0.25) is 0 Å². The van der Waals surface area contributed by atoms with Crippen LogP contribution in [-0.2, 0) is 6.42 Å². The van der Waals surface area contributed by atoms with Gasteiger partial charge in [0.15, 0.2) is 5.96 Å². The first-order chi connectivity index (χ1) is 12.6. The molecule has 0 spiro atoms. The van der Waals surface area contributed by atoms with E-state index in [-0.39, 0.29) is 29.5 Å². The lowest BCUT2D eigenvalue weighted by Crippen LogP contribution is -2.40. The van der Waals surface area contributed by atoms with E-state index in [1.54, 1.807) is 23.5 Å². The van der Waals surface area contributed by atoms with Crippen LogP contribution in [-0.4, -0.2) is 50.0 Å². The van der Waals surface area contributed by atoms with Crippen molar-refractivity contribution in [1.82, 2.24) is 15.5 Å². The Morgan fingerprint density at radius 1 is 1.22 bits per heavy atom. The van der Waals surface area contributed by atoms with Crippen molar-refractivity contribution in [3.8, 4) is 0 Å². The second-order valence-corrected chi connectivity index (χ2v) is 6.75. The van der Waals surface area contributed by atoms with E-state index >= 15 is 0 Å². The number of nitrogens with zero attached hydrogens (tertiary/aromatic N) is 2. The van der Waals surface area contributed by atoms with E-state index in [4.69, 9.17) is 0 Å². The summed E-state index contributed by atoms with van der Waals surface area (Å²) in [7, 11) is 1.99. The van der Waals surface area contributed by atoms with E-state index in [1.165, 1.54) is 17.0 Å². The first-order valence-electron chi connectivity index (χ1n) is 8.66. The summed E-state index contributed by atoms with van der Waals surface area (Å²) < 4.78 is 13.6. The summed E-state index contributed by atoms with van der Waals surface area (Å²) in [5, 5.41) is 8.02. The van der Waals surface area contributed by atoms with Crippen LogP contribution in [0.5, 0.6) is 0 Å². The average Bonchev–Trinajstić information content (AvgIpc) is 3.16. The minimum Gasteiger partial charge on any atom is -0.357 e. The van der Waals surface area contributed by atoms with Gasteiger partial charge < -0.3 is 15.5 Å². The van der Waals surface area contributed by atoms with Gasteiger partial charge in [0.2, 0.25) is 0 Å². The summed E-state index contributed by atoms with van der Waals surface area (Å²) in [6.45, 7) is 4.41. The molecule has 0 radical (unpaired) electrons. The Morgan fingerprint density at radius 2 is 2.00 bits per heavy atom. The lowest BCUT2D eigenvalue weighted by Gasteiger charge is -2.21. The SMILES string of the molecule is CCNC(=NCCNC(=O)c1ccccc1F)N(C)CCc1cccs1.I. The number of rotatable bonds is 8. The van der Waals surface area contributed by atoms with E-state index in [0.29, 0.717) is 13.1 Å². The molecule has 0 aliphatic heterocycles. The predicted octanol–water partition coefficient (Wildman–Crippen LogP) is 3.38. The van der Waals surface area contributed by atoms with Gasteiger partial charge >= 0.3 is 0 Å². The van der Waals surface area contributed by atoms with Gasteiger partial charge in [-0.05, 0) is 36.9 Å². The third kappa shape index (κ3) is 7.84. The summed E-state index contributed by atoms with van der Waals surface area (Å²) in [5.74, 6) is -0.145. The van der Waals surface area contributed by atoms with Gasteiger partial charge in [0.1, 0.15) is 5.82 Å². The molecule has 0 saturated carbocycles. The highest BCUT2D eigenvalue weighted by Crippen LogP contribution is 2.09. The highest BCUT2D eigenvalue weighted by atomic mass is 127. The van der Waals surface area contributed by atoms with Crippen LogP contribution in [0.1, 0.15) is 22.2 Å². The summed E-state index contributed by atoms with van der Waals surface area (Å²) in [6, 6.07) is 10.1. The third-order valence-electron chi connectivity index (χ3n) is 3.75. The van der Waals surface area contributed by atoms with Gasteiger partial charge in [-0.25, -0.2) is 4.39 Å². The van der Waals surface area contributed by atoms with E-state index in [1.807, 2.05) is 14.0 Å². The van der Waals surface area contributed by atoms with Gasteiger partial charge in [-0.15, -0.1) is 35.3 Å². The number of nitrogens with one attached hydrogen (secondary N) is 2. The zero-order chi connectivity index (χ0) is 18.8. The molecular formula is C19H26FIN4OS. The largest absolute Gasteiger partial charge is 0.357 e. The van der Waals surface area contributed by atoms with Crippen molar-refractivity contribution in [3.63, 3.8) is 0 Å². The number of amides is 1. The van der Waals surface area contributed by atoms with Crippen LogP contribution < -0.4 is 10.6 Å². The molecule has 27 heavy (non-hydrogen) atoms. The van der Waals surface area contributed by atoms with Crippen molar-refractivity contribution < 1.29 is 9.18 Å². The fourth-order valence-electron chi connectivity index (χ4n) is 2.38. The van der Waals surface area contributed by atoms with Crippen molar-refractivity contribution in [2.45, 2.75) is 13.3 Å². The van der Waals surface area contributed by atoms with Crippen molar-refractivity contribution >= 4 is 47.2 Å². The molecule has 0 unspecified atom stereocenters. The average molecular weight is 504 g/mol. The van der Waals surface area contributed by atoms with Crippen molar-refractivity contribution in [2.24, 2.45) is 4.99 Å². The number of guanidine groups is 1. The van der Waals surface area contributed by atoms with Gasteiger partial charge in [-0.3, -0.25) is 9.79 Å². The minimum absolute atomic E-state index is 0. The summed E-state index contributed by atoms with van der Waals surface area (Å²) in [5.41, 5.74) is 0.0523. The van der Waals surface area contributed by atoms with Crippen LogP contribution >= 0.6 is 35.3 Å². The molecule has 0 saturated heterocycles. The van der Waals surface area contributed by atoms with E-state index in [0.717, 1.165) is 25.5 Å². The summed E-state index contributed by atoms with van der Waals surface area (Å²) in [4.78, 5) is 19.9. The molecule has 0 aliphatic carbocycles. The fourth-order valence-corrected chi connectivity index (χ4v) is 3.08. The van der Waals surface area contributed by atoms with Gasteiger partial charge in [-0.2, -0.15) is 0 Å². The number of hydrogen-bond donors (Lipinski definition) is 2. The number of halogens is 2. The highest BCUT2D eigenvalue weighted by molar-refractivity contribution is 14.0. The fraction of sp³-hybridized carbons (Fsp3) is 0.368. The van der Waals surface area contributed by atoms with Crippen LogP contribution in [0.4, 0.5) is 4.39 Å². The molecule has 1 aromatic heterocycles. The number of carbonyl (C=O) groups is 1. The standard InChI is InChI=1S/C19H25FN4OS.HI/c1-3-21-19(24(2)13-10-15-7-6-14-26-15)23-12-11-22-18(25)16-8-4-5-9-17(16)20;/h4-9,14H,3,10-13H2,1-2H3,(H,21,23)(H,22,25);1H. The number of thiophene rings is 1. The molecule has 2 rings (SSSR count). The third-order valence-corrected chi connectivity index (χ3v) is 4.68. The van der Waals surface area contributed by atoms with E-state index < -0.39 is 11.7 Å². The molecular weight excluding hydrogens is 478 g/mol. The van der Waals surface area contributed by atoms with Gasteiger partial charge in [0.25, 0.3) is 5.91 Å². The Labute approximate surface area is 181 Å². The maximum absolute atomic E-state index is 13.6. The van der Waals surface area contributed by atoms with Crippen LogP contribution in [0.25, 0.3) is 0 Å². The van der Waals surface area contributed by atoms with Crippen molar-refractivity contribution in [3.05, 3.63) is 58.0 Å². The highest BCUT2D eigenvalue weighted by Gasteiger charge is 2.10. The molecule has 2 N–H and O–H groups in total. The second-order valence-electron chi connectivity index (χ2n) is 5.72. The molecule has 0 bridgehead atoms. The Morgan fingerprint density at radius 3 is 2.67 bits per heavy atom. The number of carbonyl (C=O) groups excluding carboxylic acids is 1. The summed E-state index contributed by atoms with van der Waals surface area (Å²) in [6.07, 6.45) is 0.961. The molecule has 0 aliphatic rings. The molecule has 0 atom stereocenters. The van der Waals surface area contributed by atoms with E-state index in [9.17, 15) is 9.18 Å². The first kappa shape index (κ1) is 23.4. The lowest BCUT2D eigenvalue weighted by molar-refractivity contribution is 0.0951. The van der Waals surface area contributed by atoms with Crippen molar-refractivity contribution in [2.75, 3.05) is 33.2 Å². The predicted molar refractivity (Wildman–Crippen MR) is 121 cm³/mol. The van der Waals surface area contributed by atoms with Gasteiger partial charge in [0.05, 0.1) is 12.1 Å². The molecule has 1 amide bonds. The maximum atomic E-state index is 13.6. The van der Waals surface area contributed by atoms with Crippen LogP contribution in [0.3, 0.4) is 0 Å². The Hall–Kier alpha value is -1.68. The molecule has 2 aromatic rings. The molecule has 8 heteroatoms. The topological polar surface area (TPSA) is 56.7 Å². The van der Waals surface area contributed by atoms with Crippen LogP contribution in [0, 0.1) is 5.82 Å². The quantitative estimate of drug-likeness (QED) is 0.251. The number of benzene rings is 1. The molecule has 1 aromatic carbocycles. The van der Waals surface area contributed by atoms with E-state index in [2.05, 4.69) is 38.0 Å². The zero-order valence-corrected chi connectivity index (χ0v) is 18.7. The molecule has 0 fully saturated rings. The first-order valence-corrected chi connectivity index (χ1v) is 9.54. The number of aliphatic imine (C=N–C) groups is 1. The second kappa shape index (κ2) is 12.7. The zero-order valence-electron chi connectivity index (χ0n) is 15.6. The van der Waals surface area contributed by atoms with Gasteiger partial charge in [0, 0.05) is 31.6 Å². The van der Waals surface area contributed by atoms with Crippen LogP contribution in [0.15, 0.2) is 46.8 Å². The molecule has 1 heterocycles. The number of hydrogen-bond acceptors (Lipinski definition) is 3. The Balaban J connectivity index is 0.00000364. The Kier molecular flexibility index (Phi) is 11.0. The summed E-state index contributed by atoms with van der Waals surface area (Å²) >= 11 is 1.75. The maximum Gasteiger partial charge on any atom is 0.254 e. The molecule has 5 nitrogen and oxygen atoms in total.